The van der Waals surface area contributed by atoms with Gasteiger partial charge in [0.05, 0.1) is 6.54 Å². The zero-order chi connectivity index (χ0) is 19.2. The van der Waals surface area contributed by atoms with Gasteiger partial charge in [-0.1, -0.05) is 0 Å². The van der Waals surface area contributed by atoms with Crippen LogP contribution in [-0.4, -0.2) is 36.3 Å². The quantitative estimate of drug-likeness (QED) is 0.832. The maximum absolute atomic E-state index is 12.8. The maximum atomic E-state index is 12.8. The molecule has 0 saturated carbocycles. The summed E-state index contributed by atoms with van der Waals surface area (Å²) >= 11 is 0. The Kier molecular flexibility index (Phi) is 5.97. The highest BCUT2D eigenvalue weighted by Gasteiger charge is 2.17. The monoisotopic (exact) mass is 374 g/mol. The molecule has 1 saturated heterocycles. The number of rotatable bonds is 6. The van der Waals surface area contributed by atoms with Crippen LogP contribution in [0.3, 0.4) is 0 Å². The van der Waals surface area contributed by atoms with E-state index in [1.165, 1.54) is 36.6 Å². The number of anilines is 1. The highest BCUT2D eigenvalue weighted by molar-refractivity contribution is 5.91. The molecule has 0 atom stereocenters. The Hall–Kier alpha value is -3.00. The SMILES string of the molecule is O=C1CCN(Cc2cc(=O)c(OCC(=O)Nc3ccc(F)cc3)co2)CC1. The van der Waals surface area contributed by atoms with E-state index in [-0.39, 0.29) is 23.6 Å². The van der Waals surface area contributed by atoms with Crippen LogP contribution >= 0.6 is 0 Å². The van der Waals surface area contributed by atoms with Crippen molar-refractivity contribution < 1.29 is 23.1 Å². The van der Waals surface area contributed by atoms with Crippen LogP contribution in [0.4, 0.5) is 10.1 Å². The fourth-order valence-electron chi connectivity index (χ4n) is 2.68. The summed E-state index contributed by atoms with van der Waals surface area (Å²) in [5.74, 6) is -0.240. The van der Waals surface area contributed by atoms with E-state index in [0.717, 1.165) is 0 Å². The molecule has 142 valence electrons. The van der Waals surface area contributed by atoms with Gasteiger partial charge in [-0.2, -0.15) is 0 Å². The van der Waals surface area contributed by atoms with Crippen LogP contribution in [0, 0.1) is 5.82 Å². The number of carbonyl (C=O) groups is 2. The Morgan fingerprint density at radius 1 is 1.19 bits per heavy atom. The number of hydrogen-bond donors (Lipinski definition) is 1. The van der Waals surface area contributed by atoms with E-state index in [0.29, 0.717) is 43.9 Å². The molecular weight excluding hydrogens is 355 g/mol. The molecule has 2 aromatic rings. The van der Waals surface area contributed by atoms with Crippen LogP contribution < -0.4 is 15.5 Å². The number of amides is 1. The summed E-state index contributed by atoms with van der Waals surface area (Å²) in [6.45, 7) is 1.35. The molecule has 0 unspecified atom stereocenters. The van der Waals surface area contributed by atoms with Gasteiger partial charge in [-0.3, -0.25) is 19.3 Å². The van der Waals surface area contributed by atoms with Crippen molar-refractivity contribution in [1.82, 2.24) is 4.90 Å². The lowest BCUT2D eigenvalue weighted by molar-refractivity contribution is -0.121. The van der Waals surface area contributed by atoms with Crippen molar-refractivity contribution in [1.29, 1.82) is 0 Å². The van der Waals surface area contributed by atoms with Gasteiger partial charge in [0.2, 0.25) is 11.2 Å². The summed E-state index contributed by atoms with van der Waals surface area (Å²) in [5, 5.41) is 2.53. The van der Waals surface area contributed by atoms with E-state index in [4.69, 9.17) is 9.15 Å². The first-order chi connectivity index (χ1) is 13.0. The number of hydrogen-bond acceptors (Lipinski definition) is 6. The third-order valence-electron chi connectivity index (χ3n) is 4.13. The number of halogens is 1. The van der Waals surface area contributed by atoms with Gasteiger partial charge in [0, 0.05) is 37.7 Å². The van der Waals surface area contributed by atoms with E-state index < -0.39 is 11.7 Å². The van der Waals surface area contributed by atoms with E-state index >= 15 is 0 Å². The molecule has 0 radical (unpaired) electrons. The number of piperidine rings is 1. The lowest BCUT2D eigenvalue weighted by Gasteiger charge is -2.24. The van der Waals surface area contributed by atoms with Gasteiger partial charge in [0.1, 0.15) is 23.6 Å². The first-order valence-corrected chi connectivity index (χ1v) is 8.53. The van der Waals surface area contributed by atoms with Crippen molar-refractivity contribution in [3.63, 3.8) is 0 Å². The summed E-state index contributed by atoms with van der Waals surface area (Å²) in [4.78, 5) is 37.2. The molecule has 1 aromatic carbocycles. The molecule has 1 N–H and O–H groups in total. The Labute approximate surface area is 154 Å². The van der Waals surface area contributed by atoms with Gasteiger partial charge in [-0.15, -0.1) is 0 Å². The minimum absolute atomic E-state index is 0.0678. The Morgan fingerprint density at radius 2 is 1.89 bits per heavy atom. The van der Waals surface area contributed by atoms with Crippen molar-refractivity contribution >= 4 is 17.4 Å². The smallest absolute Gasteiger partial charge is 0.262 e. The lowest BCUT2D eigenvalue weighted by Crippen LogP contribution is -2.33. The minimum atomic E-state index is -0.483. The molecule has 8 heteroatoms. The zero-order valence-corrected chi connectivity index (χ0v) is 14.6. The Morgan fingerprint density at radius 3 is 2.56 bits per heavy atom. The molecule has 7 nitrogen and oxygen atoms in total. The molecule has 0 aliphatic carbocycles. The number of nitrogens with one attached hydrogen (secondary N) is 1. The predicted octanol–water partition coefficient (Wildman–Crippen LogP) is 1.96. The first-order valence-electron chi connectivity index (χ1n) is 8.53. The summed E-state index contributed by atoms with van der Waals surface area (Å²) in [7, 11) is 0. The first kappa shape index (κ1) is 18.8. The molecule has 3 rings (SSSR count). The normalized spacial score (nSPS) is 14.8. The van der Waals surface area contributed by atoms with E-state index in [1.54, 1.807) is 0 Å². The standard InChI is InChI=1S/C19H19FN2O5/c20-13-1-3-14(4-2-13)21-19(25)12-27-18-11-26-16(9-17(18)24)10-22-7-5-15(23)6-8-22/h1-4,9,11H,5-8,10,12H2,(H,21,25). The summed E-state index contributed by atoms with van der Waals surface area (Å²) in [6, 6.07) is 6.61. The fourth-order valence-corrected chi connectivity index (χ4v) is 2.68. The molecule has 2 heterocycles. The van der Waals surface area contributed by atoms with Crippen molar-refractivity contribution in [2.75, 3.05) is 25.0 Å². The van der Waals surface area contributed by atoms with Gasteiger partial charge in [-0.05, 0) is 24.3 Å². The Balaban J connectivity index is 1.51. The van der Waals surface area contributed by atoms with Crippen LogP contribution in [0.25, 0.3) is 0 Å². The number of carbonyl (C=O) groups excluding carboxylic acids is 2. The van der Waals surface area contributed by atoms with E-state index in [9.17, 15) is 18.8 Å². The number of Topliss-reactive ketones (excluding diaryl/α,β-unsaturated/α-hetero) is 1. The number of benzene rings is 1. The zero-order valence-electron chi connectivity index (χ0n) is 14.6. The summed E-state index contributed by atoms with van der Waals surface area (Å²) < 4.78 is 23.4. The molecule has 1 fully saturated rings. The van der Waals surface area contributed by atoms with Crippen molar-refractivity contribution in [2.24, 2.45) is 0 Å². The largest absolute Gasteiger partial charge is 0.477 e. The average Bonchev–Trinajstić information content (AvgIpc) is 2.65. The molecule has 1 amide bonds. The van der Waals surface area contributed by atoms with Crippen molar-refractivity contribution in [3.8, 4) is 5.75 Å². The van der Waals surface area contributed by atoms with Gasteiger partial charge >= 0.3 is 0 Å². The van der Waals surface area contributed by atoms with Crippen LogP contribution in [0.15, 0.2) is 45.8 Å². The second kappa shape index (κ2) is 8.59. The number of nitrogens with zero attached hydrogens (tertiary/aromatic N) is 1. The Bertz CT molecular complexity index is 868. The third-order valence-corrected chi connectivity index (χ3v) is 4.13. The molecule has 27 heavy (non-hydrogen) atoms. The minimum Gasteiger partial charge on any atom is -0.477 e. The molecule has 0 bridgehead atoms. The third kappa shape index (κ3) is 5.49. The number of ether oxygens (including phenoxy) is 1. The van der Waals surface area contributed by atoms with E-state index in [1.807, 2.05) is 4.90 Å². The molecule has 1 aliphatic heterocycles. The van der Waals surface area contributed by atoms with Gasteiger partial charge in [-0.25, -0.2) is 4.39 Å². The maximum Gasteiger partial charge on any atom is 0.262 e. The van der Waals surface area contributed by atoms with Crippen LogP contribution in [0.1, 0.15) is 18.6 Å². The number of likely N-dealkylation sites (tertiary alicyclic amines) is 1. The predicted molar refractivity (Wildman–Crippen MR) is 95.0 cm³/mol. The number of ketones is 1. The molecular formula is C19H19FN2O5. The highest BCUT2D eigenvalue weighted by Crippen LogP contribution is 2.13. The average molecular weight is 374 g/mol. The van der Waals surface area contributed by atoms with Crippen molar-refractivity contribution in [2.45, 2.75) is 19.4 Å². The van der Waals surface area contributed by atoms with Crippen LogP contribution in [-0.2, 0) is 16.1 Å². The van der Waals surface area contributed by atoms with Crippen LogP contribution in [0.2, 0.25) is 0 Å². The highest BCUT2D eigenvalue weighted by atomic mass is 19.1. The van der Waals surface area contributed by atoms with Gasteiger partial charge < -0.3 is 14.5 Å². The summed E-state index contributed by atoms with van der Waals surface area (Å²) in [6.07, 6.45) is 2.20. The molecule has 0 spiro atoms. The topological polar surface area (TPSA) is 88.8 Å². The second-order valence-corrected chi connectivity index (χ2v) is 6.23. The molecule has 1 aromatic heterocycles. The fraction of sp³-hybridized carbons (Fsp3) is 0.316. The molecule has 1 aliphatic rings. The van der Waals surface area contributed by atoms with Crippen LogP contribution in [0.5, 0.6) is 5.75 Å². The van der Waals surface area contributed by atoms with E-state index in [2.05, 4.69) is 5.32 Å². The lowest BCUT2D eigenvalue weighted by atomic mass is 10.1. The van der Waals surface area contributed by atoms with Gasteiger partial charge in [0.25, 0.3) is 5.91 Å². The summed E-state index contributed by atoms with van der Waals surface area (Å²) in [5.41, 5.74) is 0.0336. The second-order valence-electron chi connectivity index (χ2n) is 6.23. The van der Waals surface area contributed by atoms with Gasteiger partial charge in [0.15, 0.2) is 6.61 Å². The van der Waals surface area contributed by atoms with Crippen molar-refractivity contribution in [3.05, 3.63) is 58.4 Å².